The number of pyridine rings is 1. The number of nitrogens with zero attached hydrogens (tertiary/aromatic N) is 3. The summed E-state index contributed by atoms with van der Waals surface area (Å²) < 4.78 is 35.1. The van der Waals surface area contributed by atoms with Crippen LogP contribution in [-0.4, -0.2) is 40.5 Å². The molecule has 21 heavy (non-hydrogen) atoms. The van der Waals surface area contributed by atoms with Crippen LogP contribution >= 0.6 is 11.5 Å². The first kappa shape index (κ1) is 15.5. The number of nitrogens with one attached hydrogen (secondary N) is 1. The zero-order valence-electron chi connectivity index (χ0n) is 10.8. The Labute approximate surface area is 125 Å². The average molecular weight is 329 g/mol. The van der Waals surface area contributed by atoms with Crippen molar-refractivity contribution in [1.29, 1.82) is 0 Å². The van der Waals surface area contributed by atoms with Crippen LogP contribution < -0.4 is 9.88 Å². The zero-order chi connectivity index (χ0) is 15.3. The number of carbonyl (C=O) groups is 1. The molecule has 0 atom stereocenters. The van der Waals surface area contributed by atoms with Gasteiger partial charge in [0.15, 0.2) is 12.4 Å². The van der Waals surface area contributed by atoms with Crippen LogP contribution in [0.5, 0.6) is 0 Å². The summed E-state index contributed by atoms with van der Waals surface area (Å²) >= 11 is 1.28. The molecule has 2 aromatic heterocycles. The third-order valence-corrected chi connectivity index (χ3v) is 3.94. The standard InChI is InChI=1S/C11H12N4O4S2/c16-10(12-3-6-21(17,18)19)7-15-4-1-9(2-5-15)11-13-8-14-20-11/h1-2,4-5,8H,3,6-7H2,(H-,12,16,17,18,19)/p+1. The second-order valence-electron chi connectivity index (χ2n) is 4.14. The van der Waals surface area contributed by atoms with Crippen molar-refractivity contribution in [3.63, 3.8) is 0 Å². The fourth-order valence-electron chi connectivity index (χ4n) is 1.55. The maximum Gasteiger partial charge on any atom is 0.286 e. The molecular formula is C11H13N4O4S2+. The fourth-order valence-corrected chi connectivity index (χ4v) is 2.44. The van der Waals surface area contributed by atoms with Crippen LogP contribution in [-0.2, 0) is 21.5 Å². The van der Waals surface area contributed by atoms with Crippen LogP contribution in [0.1, 0.15) is 0 Å². The van der Waals surface area contributed by atoms with Gasteiger partial charge in [-0.25, -0.2) is 4.98 Å². The van der Waals surface area contributed by atoms with Crippen molar-refractivity contribution < 1.29 is 22.3 Å². The van der Waals surface area contributed by atoms with E-state index in [-0.39, 0.29) is 19.0 Å². The number of rotatable bonds is 6. The zero-order valence-corrected chi connectivity index (χ0v) is 12.5. The quantitative estimate of drug-likeness (QED) is 0.545. The summed E-state index contributed by atoms with van der Waals surface area (Å²) in [6, 6.07) is 3.62. The van der Waals surface area contributed by atoms with Crippen molar-refractivity contribution in [1.82, 2.24) is 14.7 Å². The van der Waals surface area contributed by atoms with E-state index in [0.29, 0.717) is 0 Å². The van der Waals surface area contributed by atoms with Crippen molar-refractivity contribution in [2.45, 2.75) is 6.54 Å². The highest BCUT2D eigenvalue weighted by Gasteiger charge is 2.11. The second-order valence-corrected chi connectivity index (χ2v) is 6.49. The van der Waals surface area contributed by atoms with Gasteiger partial charge in [0.1, 0.15) is 11.3 Å². The van der Waals surface area contributed by atoms with Crippen molar-refractivity contribution in [3.8, 4) is 10.6 Å². The summed E-state index contributed by atoms with van der Waals surface area (Å²) in [5, 5.41) is 3.20. The van der Waals surface area contributed by atoms with Gasteiger partial charge in [-0.05, 0) is 11.5 Å². The fraction of sp³-hybridized carbons (Fsp3) is 0.273. The van der Waals surface area contributed by atoms with Crippen LogP contribution in [0.3, 0.4) is 0 Å². The molecule has 10 heteroatoms. The van der Waals surface area contributed by atoms with Crippen molar-refractivity contribution in [2.24, 2.45) is 0 Å². The molecule has 0 aliphatic rings. The largest absolute Gasteiger partial charge is 0.349 e. The Morgan fingerprint density at radius 3 is 2.67 bits per heavy atom. The van der Waals surface area contributed by atoms with E-state index in [0.717, 1.165) is 10.6 Å². The van der Waals surface area contributed by atoms with Crippen LogP contribution in [0.15, 0.2) is 30.9 Å². The van der Waals surface area contributed by atoms with Crippen LogP contribution in [0.25, 0.3) is 10.6 Å². The van der Waals surface area contributed by atoms with E-state index in [4.69, 9.17) is 4.55 Å². The van der Waals surface area contributed by atoms with Crippen LogP contribution in [0, 0.1) is 0 Å². The first-order chi connectivity index (χ1) is 9.94. The normalized spacial score (nSPS) is 11.3. The maximum atomic E-state index is 11.6. The number of hydrogen-bond donors (Lipinski definition) is 2. The third kappa shape index (κ3) is 5.17. The van der Waals surface area contributed by atoms with E-state index in [2.05, 4.69) is 14.7 Å². The molecule has 8 nitrogen and oxygen atoms in total. The van der Waals surface area contributed by atoms with E-state index in [1.165, 1.54) is 17.9 Å². The molecule has 2 rings (SSSR count). The predicted molar refractivity (Wildman–Crippen MR) is 75.0 cm³/mol. The van der Waals surface area contributed by atoms with Crippen LogP contribution in [0.4, 0.5) is 0 Å². The van der Waals surface area contributed by atoms with Gasteiger partial charge in [0.2, 0.25) is 6.54 Å². The lowest BCUT2D eigenvalue weighted by atomic mass is 10.3. The molecule has 0 fully saturated rings. The number of aromatic nitrogens is 3. The van der Waals surface area contributed by atoms with Gasteiger partial charge in [0, 0.05) is 24.2 Å². The van der Waals surface area contributed by atoms with Gasteiger partial charge in [-0.15, -0.1) is 0 Å². The maximum absolute atomic E-state index is 11.6. The van der Waals surface area contributed by atoms with Gasteiger partial charge in [-0.2, -0.15) is 17.4 Å². The van der Waals surface area contributed by atoms with Gasteiger partial charge < -0.3 is 5.32 Å². The minimum atomic E-state index is -4.06. The lowest BCUT2D eigenvalue weighted by Gasteiger charge is -2.01. The molecule has 0 radical (unpaired) electrons. The number of amides is 1. The molecule has 0 bridgehead atoms. The SMILES string of the molecule is O=C(C[n+]1ccc(-c2ncns2)cc1)NCCS(=O)(=O)O. The van der Waals surface area contributed by atoms with E-state index in [1.807, 2.05) is 12.1 Å². The van der Waals surface area contributed by atoms with E-state index < -0.39 is 15.9 Å². The van der Waals surface area contributed by atoms with Crippen molar-refractivity contribution in [3.05, 3.63) is 30.9 Å². The van der Waals surface area contributed by atoms with E-state index in [1.54, 1.807) is 17.0 Å². The monoisotopic (exact) mass is 329 g/mol. The molecule has 0 aromatic carbocycles. The highest BCUT2D eigenvalue weighted by molar-refractivity contribution is 7.85. The number of hydrogen-bond acceptors (Lipinski definition) is 6. The predicted octanol–water partition coefficient (Wildman–Crippen LogP) is -0.503. The summed E-state index contributed by atoms with van der Waals surface area (Å²) in [4.78, 5) is 15.7. The molecule has 2 aromatic rings. The molecular weight excluding hydrogens is 316 g/mol. The summed E-state index contributed by atoms with van der Waals surface area (Å²) in [5.41, 5.74) is 0.903. The molecule has 0 unspecified atom stereocenters. The Hall–Kier alpha value is -1.91. The highest BCUT2D eigenvalue weighted by atomic mass is 32.2. The highest BCUT2D eigenvalue weighted by Crippen LogP contribution is 2.17. The van der Waals surface area contributed by atoms with Gasteiger partial charge >= 0.3 is 0 Å². The third-order valence-electron chi connectivity index (χ3n) is 2.51. The molecule has 0 saturated heterocycles. The lowest BCUT2D eigenvalue weighted by Crippen LogP contribution is -2.43. The molecule has 0 spiro atoms. The van der Waals surface area contributed by atoms with Crippen molar-refractivity contribution >= 4 is 27.6 Å². The van der Waals surface area contributed by atoms with Gasteiger partial charge in [0.05, 0.1) is 5.75 Å². The van der Waals surface area contributed by atoms with Crippen molar-refractivity contribution in [2.75, 3.05) is 12.3 Å². The Morgan fingerprint density at radius 1 is 1.38 bits per heavy atom. The molecule has 2 N–H and O–H groups in total. The molecule has 0 aliphatic carbocycles. The summed E-state index contributed by atoms with van der Waals surface area (Å²) in [6.45, 7) is -0.0665. The Bertz CT molecular complexity index is 698. The lowest BCUT2D eigenvalue weighted by molar-refractivity contribution is -0.684. The minimum absolute atomic E-state index is 0.0574. The molecule has 1 amide bonds. The average Bonchev–Trinajstić information content (AvgIpc) is 2.92. The van der Waals surface area contributed by atoms with E-state index >= 15 is 0 Å². The smallest absolute Gasteiger partial charge is 0.286 e. The van der Waals surface area contributed by atoms with Gasteiger partial charge in [0.25, 0.3) is 16.0 Å². The Balaban J connectivity index is 1.87. The molecule has 0 saturated carbocycles. The molecule has 2 heterocycles. The topological polar surface area (TPSA) is 113 Å². The summed E-state index contributed by atoms with van der Waals surface area (Å²) in [5.74, 6) is -0.841. The molecule has 112 valence electrons. The Kier molecular flexibility index (Phi) is 4.94. The van der Waals surface area contributed by atoms with Crippen LogP contribution in [0.2, 0.25) is 0 Å². The first-order valence-electron chi connectivity index (χ1n) is 5.92. The van der Waals surface area contributed by atoms with Gasteiger partial charge in [-0.3, -0.25) is 9.35 Å². The second kappa shape index (κ2) is 6.70. The Morgan fingerprint density at radius 2 is 2.10 bits per heavy atom. The van der Waals surface area contributed by atoms with Gasteiger partial charge in [-0.1, -0.05) is 0 Å². The van der Waals surface area contributed by atoms with E-state index in [9.17, 15) is 13.2 Å². The summed E-state index contributed by atoms with van der Waals surface area (Å²) in [6.07, 6.45) is 4.92. The number of carbonyl (C=O) groups excluding carboxylic acids is 1. The summed E-state index contributed by atoms with van der Waals surface area (Å²) in [7, 11) is -4.06. The first-order valence-corrected chi connectivity index (χ1v) is 8.30. The molecule has 0 aliphatic heterocycles. The minimum Gasteiger partial charge on any atom is -0.349 e.